The van der Waals surface area contributed by atoms with Crippen LogP contribution in [0.3, 0.4) is 0 Å². The third kappa shape index (κ3) is 6.15. The van der Waals surface area contributed by atoms with Gasteiger partial charge in [-0.3, -0.25) is 0 Å². The van der Waals surface area contributed by atoms with Crippen LogP contribution in [0.4, 0.5) is 0 Å². The van der Waals surface area contributed by atoms with Crippen LogP contribution in [0.25, 0.3) is 21.5 Å². The predicted molar refractivity (Wildman–Crippen MR) is 129 cm³/mol. The quantitative estimate of drug-likeness (QED) is 0.307. The van der Waals surface area contributed by atoms with Crippen molar-refractivity contribution in [2.24, 2.45) is 0 Å². The van der Waals surface area contributed by atoms with E-state index in [0.717, 1.165) is 39.5 Å². The van der Waals surface area contributed by atoms with Crippen molar-refractivity contribution >= 4 is 21.5 Å². The Balaban J connectivity index is 1.33. The zero-order chi connectivity index (χ0) is 23.4. The fourth-order valence-corrected chi connectivity index (χ4v) is 3.77. The molecule has 0 bridgehead atoms. The number of benzene rings is 3. The first-order valence-corrected chi connectivity index (χ1v) is 11.7. The number of aromatic hydroxyl groups is 1. The van der Waals surface area contributed by atoms with Gasteiger partial charge in [-0.1, -0.05) is 42.0 Å². The van der Waals surface area contributed by atoms with Crippen molar-refractivity contribution in [2.75, 3.05) is 33.0 Å². The second-order valence-corrected chi connectivity index (χ2v) is 8.97. The Morgan fingerprint density at radius 3 is 2.15 bits per heavy atom. The summed E-state index contributed by atoms with van der Waals surface area (Å²) in [5.74, 6) is 1.05. The highest BCUT2D eigenvalue weighted by molar-refractivity contribution is 6.10. The standard InChI is InChI=1S/C27H34O6/c1-17-9-10-24-25(11-17)26(28)22-7-5-6-8-23(22)27(24)33-14-20(4)30-12-18(2)29-13-19(3)31-15-21-16-32-21/h5-11,18-21,28H,12-16H2,1-4H3. The fourth-order valence-electron chi connectivity index (χ4n) is 3.77. The van der Waals surface area contributed by atoms with Crippen LogP contribution >= 0.6 is 0 Å². The van der Waals surface area contributed by atoms with Gasteiger partial charge in [-0.2, -0.15) is 0 Å². The van der Waals surface area contributed by atoms with Crippen LogP contribution in [0.15, 0.2) is 42.5 Å². The molecule has 4 rings (SSSR count). The number of phenols is 1. The summed E-state index contributed by atoms with van der Waals surface area (Å²) in [6.45, 7) is 10.8. The lowest BCUT2D eigenvalue weighted by atomic mass is 9.99. The van der Waals surface area contributed by atoms with Gasteiger partial charge in [-0.15, -0.1) is 0 Å². The number of hydrogen-bond donors (Lipinski definition) is 1. The van der Waals surface area contributed by atoms with Gasteiger partial charge in [0.15, 0.2) is 0 Å². The SMILES string of the molecule is Cc1ccc2c(OCC(C)OCC(C)OCC(C)OCC3CO3)c3ccccc3c(O)c2c1. The molecule has 1 fully saturated rings. The molecular weight excluding hydrogens is 420 g/mol. The van der Waals surface area contributed by atoms with Gasteiger partial charge in [0.25, 0.3) is 0 Å². The molecule has 6 heteroatoms. The third-order valence-corrected chi connectivity index (χ3v) is 5.76. The van der Waals surface area contributed by atoms with Crippen LogP contribution in [-0.4, -0.2) is 62.6 Å². The van der Waals surface area contributed by atoms with E-state index in [1.165, 1.54) is 0 Å². The number of fused-ring (bicyclic) bond motifs is 2. The van der Waals surface area contributed by atoms with Gasteiger partial charge in [-0.25, -0.2) is 0 Å². The van der Waals surface area contributed by atoms with Gasteiger partial charge in [0, 0.05) is 21.5 Å². The molecule has 0 aromatic heterocycles. The van der Waals surface area contributed by atoms with E-state index in [1.54, 1.807) is 0 Å². The fraction of sp³-hybridized carbons (Fsp3) is 0.481. The van der Waals surface area contributed by atoms with Crippen molar-refractivity contribution in [1.82, 2.24) is 0 Å². The molecule has 4 atom stereocenters. The molecule has 1 saturated heterocycles. The molecule has 1 aliphatic heterocycles. The van der Waals surface area contributed by atoms with E-state index < -0.39 is 0 Å². The second kappa shape index (κ2) is 10.7. The van der Waals surface area contributed by atoms with Gasteiger partial charge in [0.2, 0.25) is 0 Å². The van der Waals surface area contributed by atoms with Crippen LogP contribution in [0.2, 0.25) is 0 Å². The van der Waals surface area contributed by atoms with Crippen LogP contribution in [0.5, 0.6) is 11.5 Å². The van der Waals surface area contributed by atoms with E-state index in [1.807, 2.05) is 70.2 Å². The number of rotatable bonds is 12. The summed E-state index contributed by atoms with van der Waals surface area (Å²) in [6.07, 6.45) is 0.122. The minimum Gasteiger partial charge on any atom is -0.507 e. The molecule has 0 radical (unpaired) electrons. The molecule has 1 aliphatic rings. The predicted octanol–water partition coefficient (Wildman–Crippen LogP) is 5.00. The number of epoxide rings is 1. The van der Waals surface area contributed by atoms with Crippen molar-refractivity contribution in [3.8, 4) is 11.5 Å². The Bertz CT molecular complexity index is 1080. The van der Waals surface area contributed by atoms with E-state index in [9.17, 15) is 5.11 Å². The highest BCUT2D eigenvalue weighted by atomic mass is 16.6. The van der Waals surface area contributed by atoms with Gasteiger partial charge in [0.1, 0.15) is 24.2 Å². The van der Waals surface area contributed by atoms with E-state index in [4.69, 9.17) is 23.7 Å². The van der Waals surface area contributed by atoms with Crippen LogP contribution in [-0.2, 0) is 18.9 Å². The van der Waals surface area contributed by atoms with Crippen LogP contribution in [0, 0.1) is 6.92 Å². The lowest BCUT2D eigenvalue weighted by Gasteiger charge is -2.21. The minimum atomic E-state index is -0.121. The average Bonchev–Trinajstić information content (AvgIpc) is 3.65. The van der Waals surface area contributed by atoms with Crippen LogP contribution < -0.4 is 4.74 Å². The summed E-state index contributed by atoms with van der Waals surface area (Å²) < 4.78 is 28.9. The summed E-state index contributed by atoms with van der Waals surface area (Å²) in [7, 11) is 0. The number of phenolic OH excluding ortho intramolecular Hbond substituents is 1. The molecule has 0 saturated carbocycles. The smallest absolute Gasteiger partial charge is 0.135 e. The molecule has 33 heavy (non-hydrogen) atoms. The lowest BCUT2D eigenvalue weighted by molar-refractivity contribution is -0.0740. The number of ether oxygens (including phenoxy) is 5. The van der Waals surface area contributed by atoms with Crippen molar-refractivity contribution in [2.45, 2.75) is 52.1 Å². The molecule has 0 aliphatic carbocycles. The molecule has 3 aromatic carbocycles. The highest BCUT2D eigenvalue weighted by Crippen LogP contribution is 2.42. The average molecular weight is 455 g/mol. The molecule has 3 aromatic rings. The Labute approximate surface area is 195 Å². The Morgan fingerprint density at radius 2 is 1.45 bits per heavy atom. The molecule has 0 spiro atoms. The largest absolute Gasteiger partial charge is 0.507 e. The van der Waals surface area contributed by atoms with E-state index >= 15 is 0 Å². The van der Waals surface area contributed by atoms with Gasteiger partial charge in [0.05, 0.1) is 44.7 Å². The van der Waals surface area contributed by atoms with Gasteiger partial charge >= 0.3 is 0 Å². The summed E-state index contributed by atoms with van der Waals surface area (Å²) in [4.78, 5) is 0. The van der Waals surface area contributed by atoms with E-state index in [0.29, 0.717) is 26.4 Å². The van der Waals surface area contributed by atoms with Crippen molar-refractivity contribution in [1.29, 1.82) is 0 Å². The molecule has 0 amide bonds. The van der Waals surface area contributed by atoms with Gasteiger partial charge in [-0.05, 0) is 33.8 Å². The maximum atomic E-state index is 10.8. The lowest BCUT2D eigenvalue weighted by Crippen LogP contribution is -2.27. The molecule has 6 nitrogen and oxygen atoms in total. The summed E-state index contributed by atoms with van der Waals surface area (Å²) >= 11 is 0. The van der Waals surface area contributed by atoms with Gasteiger partial charge < -0.3 is 28.8 Å². The summed E-state index contributed by atoms with van der Waals surface area (Å²) in [6, 6.07) is 13.8. The zero-order valence-corrected chi connectivity index (χ0v) is 19.9. The molecule has 4 unspecified atom stereocenters. The first kappa shape index (κ1) is 23.8. The topological polar surface area (TPSA) is 69.7 Å². The molecule has 1 heterocycles. The maximum absolute atomic E-state index is 10.8. The first-order chi connectivity index (χ1) is 15.9. The molecular formula is C27H34O6. The normalized spacial score (nSPS) is 18.4. The van der Waals surface area contributed by atoms with E-state index in [2.05, 4.69) is 0 Å². The summed E-state index contributed by atoms with van der Waals surface area (Å²) in [5.41, 5.74) is 1.09. The Hall–Kier alpha value is -2.38. The number of aryl methyl sites for hydroxylation is 1. The Morgan fingerprint density at radius 1 is 0.848 bits per heavy atom. The van der Waals surface area contributed by atoms with Crippen molar-refractivity contribution < 1.29 is 28.8 Å². The zero-order valence-electron chi connectivity index (χ0n) is 19.9. The number of hydrogen-bond acceptors (Lipinski definition) is 6. The molecule has 178 valence electrons. The van der Waals surface area contributed by atoms with E-state index in [-0.39, 0.29) is 30.2 Å². The maximum Gasteiger partial charge on any atom is 0.135 e. The highest BCUT2D eigenvalue weighted by Gasteiger charge is 2.23. The third-order valence-electron chi connectivity index (χ3n) is 5.76. The minimum absolute atomic E-state index is 0.0251. The Kier molecular flexibility index (Phi) is 7.71. The molecule has 1 N–H and O–H groups in total. The second-order valence-electron chi connectivity index (χ2n) is 8.97. The first-order valence-electron chi connectivity index (χ1n) is 11.7. The van der Waals surface area contributed by atoms with Crippen molar-refractivity contribution in [3.63, 3.8) is 0 Å². The summed E-state index contributed by atoms with van der Waals surface area (Å²) in [5, 5.41) is 14.2. The van der Waals surface area contributed by atoms with Crippen molar-refractivity contribution in [3.05, 3.63) is 48.0 Å². The monoisotopic (exact) mass is 454 g/mol. The van der Waals surface area contributed by atoms with Crippen LogP contribution in [0.1, 0.15) is 26.3 Å².